The Morgan fingerprint density at radius 1 is 1.35 bits per heavy atom. The van der Waals surface area contributed by atoms with Crippen LogP contribution in [0.1, 0.15) is 26.7 Å². The fourth-order valence-electron chi connectivity index (χ4n) is 1.95. The second-order valence-electron chi connectivity index (χ2n) is 4.70. The number of carboxylic acids is 1. The van der Waals surface area contributed by atoms with Crippen molar-refractivity contribution in [3.05, 3.63) is 0 Å². The van der Waals surface area contributed by atoms with E-state index < -0.39 is 17.6 Å². The van der Waals surface area contributed by atoms with Crippen molar-refractivity contribution >= 4 is 23.6 Å². The van der Waals surface area contributed by atoms with Crippen molar-refractivity contribution in [2.45, 2.75) is 38.3 Å². The summed E-state index contributed by atoms with van der Waals surface area (Å²) in [5, 5.41) is 12.0. The zero-order valence-electron chi connectivity index (χ0n) is 12.0. The minimum absolute atomic E-state index is 0.318. The lowest BCUT2D eigenvalue weighted by Gasteiger charge is -2.34. The van der Waals surface area contributed by atoms with Gasteiger partial charge in [0.15, 0.2) is 0 Å². The largest absolute Gasteiger partial charge is 0.480 e. The number of ether oxygens (including phenoxy) is 2. The summed E-state index contributed by atoms with van der Waals surface area (Å²) in [6, 6.07) is 0. The van der Waals surface area contributed by atoms with Crippen LogP contribution in [0.15, 0.2) is 0 Å². The van der Waals surface area contributed by atoms with E-state index in [-0.39, 0.29) is 5.91 Å². The van der Waals surface area contributed by atoms with Gasteiger partial charge in [0.25, 0.3) is 0 Å². The number of rotatable bonds is 8. The molecule has 1 fully saturated rings. The Morgan fingerprint density at radius 2 is 2.00 bits per heavy atom. The van der Waals surface area contributed by atoms with Crippen LogP contribution in [-0.2, 0) is 19.1 Å². The molecule has 1 aliphatic rings. The van der Waals surface area contributed by atoms with Crippen LogP contribution in [0.3, 0.4) is 0 Å². The molecule has 6 nitrogen and oxygen atoms in total. The zero-order chi connectivity index (χ0) is 15.0. The van der Waals surface area contributed by atoms with Crippen LogP contribution in [-0.4, -0.2) is 60.0 Å². The summed E-state index contributed by atoms with van der Waals surface area (Å²) in [5.74, 6) is 0.140. The van der Waals surface area contributed by atoms with Gasteiger partial charge in [0.05, 0.1) is 13.2 Å². The van der Waals surface area contributed by atoms with Gasteiger partial charge in [-0.3, -0.25) is 4.79 Å². The third-order valence-electron chi connectivity index (χ3n) is 3.29. The first-order valence-electron chi connectivity index (χ1n) is 6.84. The van der Waals surface area contributed by atoms with Crippen molar-refractivity contribution in [3.63, 3.8) is 0 Å². The van der Waals surface area contributed by atoms with Gasteiger partial charge in [-0.05, 0) is 38.2 Å². The predicted octanol–water partition coefficient (Wildman–Crippen LogP) is 0.895. The van der Waals surface area contributed by atoms with Crippen molar-refractivity contribution in [1.29, 1.82) is 0 Å². The van der Waals surface area contributed by atoms with Gasteiger partial charge in [0.2, 0.25) is 5.91 Å². The monoisotopic (exact) mass is 305 g/mol. The maximum absolute atomic E-state index is 12.0. The summed E-state index contributed by atoms with van der Waals surface area (Å²) in [6.07, 6.45) is 0.218. The summed E-state index contributed by atoms with van der Waals surface area (Å²) in [4.78, 5) is 23.5. The minimum Gasteiger partial charge on any atom is -0.480 e. The predicted molar refractivity (Wildman–Crippen MR) is 77.0 cm³/mol. The Morgan fingerprint density at radius 3 is 2.55 bits per heavy atom. The molecule has 1 unspecified atom stereocenters. The minimum atomic E-state index is -1.14. The standard InChI is InChI=1S/C13H23NO5S/c1-3-18-6-7-19-10(2)11(15)14-13(12(16)17)4-8-20-9-5-13/h10H,3-9H2,1-2H3,(H,14,15)(H,16,17). The third kappa shape index (κ3) is 4.96. The average Bonchev–Trinajstić information content (AvgIpc) is 2.44. The molecule has 0 saturated carbocycles. The molecular formula is C13H23NO5S. The molecule has 0 spiro atoms. The molecule has 0 bridgehead atoms. The number of thioether (sulfide) groups is 1. The molecule has 0 aromatic heterocycles. The molecule has 1 heterocycles. The highest BCUT2D eigenvalue weighted by atomic mass is 32.2. The molecule has 7 heteroatoms. The molecule has 1 rings (SSSR count). The third-order valence-corrected chi connectivity index (χ3v) is 4.27. The molecule has 116 valence electrons. The van der Waals surface area contributed by atoms with Gasteiger partial charge in [-0.1, -0.05) is 0 Å². The zero-order valence-corrected chi connectivity index (χ0v) is 12.8. The van der Waals surface area contributed by atoms with Crippen LogP contribution < -0.4 is 5.32 Å². The number of nitrogens with one attached hydrogen (secondary N) is 1. The highest BCUT2D eigenvalue weighted by molar-refractivity contribution is 7.99. The van der Waals surface area contributed by atoms with Crippen LogP contribution in [0.4, 0.5) is 0 Å². The molecule has 0 radical (unpaired) electrons. The van der Waals surface area contributed by atoms with E-state index in [9.17, 15) is 14.7 Å². The lowest BCUT2D eigenvalue weighted by Crippen LogP contribution is -2.58. The molecular weight excluding hydrogens is 282 g/mol. The first kappa shape index (κ1) is 17.3. The molecule has 1 aliphatic heterocycles. The maximum Gasteiger partial charge on any atom is 0.329 e. The fourth-order valence-corrected chi connectivity index (χ4v) is 3.14. The van der Waals surface area contributed by atoms with Gasteiger partial charge in [-0.15, -0.1) is 0 Å². The molecule has 1 saturated heterocycles. The van der Waals surface area contributed by atoms with E-state index in [1.807, 2.05) is 6.92 Å². The smallest absolute Gasteiger partial charge is 0.329 e. The molecule has 0 aliphatic carbocycles. The van der Waals surface area contributed by atoms with Gasteiger partial charge in [-0.25, -0.2) is 4.79 Å². The van der Waals surface area contributed by atoms with Crippen molar-refractivity contribution in [1.82, 2.24) is 5.32 Å². The SMILES string of the molecule is CCOCCOC(C)C(=O)NC1(C(=O)O)CCSCC1. The van der Waals surface area contributed by atoms with E-state index in [4.69, 9.17) is 9.47 Å². The topological polar surface area (TPSA) is 84.9 Å². The van der Waals surface area contributed by atoms with E-state index in [0.29, 0.717) is 32.7 Å². The van der Waals surface area contributed by atoms with Crippen LogP contribution >= 0.6 is 11.8 Å². The van der Waals surface area contributed by atoms with Crippen molar-refractivity contribution in [2.75, 3.05) is 31.3 Å². The molecule has 2 N–H and O–H groups in total. The van der Waals surface area contributed by atoms with Crippen LogP contribution in [0.5, 0.6) is 0 Å². The quantitative estimate of drug-likeness (QED) is 0.648. The Hall–Kier alpha value is -0.790. The highest BCUT2D eigenvalue weighted by Gasteiger charge is 2.42. The highest BCUT2D eigenvalue weighted by Crippen LogP contribution is 2.27. The number of carboxylic acid groups (broad SMARTS) is 1. The van der Waals surface area contributed by atoms with E-state index in [2.05, 4.69) is 5.32 Å². The number of carbonyl (C=O) groups excluding carboxylic acids is 1. The number of hydrogen-bond donors (Lipinski definition) is 2. The summed E-state index contributed by atoms with van der Waals surface area (Å²) >= 11 is 1.71. The Bertz CT molecular complexity index is 331. The number of amides is 1. The van der Waals surface area contributed by atoms with Gasteiger partial charge in [-0.2, -0.15) is 11.8 Å². The molecule has 0 aromatic carbocycles. The molecule has 0 aromatic rings. The van der Waals surface area contributed by atoms with E-state index in [0.717, 1.165) is 11.5 Å². The van der Waals surface area contributed by atoms with Crippen LogP contribution in [0, 0.1) is 0 Å². The molecule has 1 amide bonds. The summed E-state index contributed by atoms with van der Waals surface area (Å²) in [5.41, 5.74) is -1.14. The molecule has 20 heavy (non-hydrogen) atoms. The summed E-state index contributed by atoms with van der Waals surface area (Å²) < 4.78 is 10.5. The van der Waals surface area contributed by atoms with Gasteiger partial charge in [0.1, 0.15) is 11.6 Å². The Kier molecular flexibility index (Phi) is 7.32. The second kappa shape index (κ2) is 8.49. The number of hydrogen-bond acceptors (Lipinski definition) is 5. The van der Waals surface area contributed by atoms with Crippen molar-refractivity contribution in [2.24, 2.45) is 0 Å². The number of aliphatic carboxylic acids is 1. The Balaban J connectivity index is 2.47. The normalized spacial score (nSPS) is 19.3. The Labute approximate surface area is 123 Å². The summed E-state index contributed by atoms with van der Waals surface area (Å²) in [6.45, 7) is 4.85. The number of carbonyl (C=O) groups is 2. The first-order valence-corrected chi connectivity index (χ1v) is 8.00. The van der Waals surface area contributed by atoms with Crippen molar-refractivity contribution < 1.29 is 24.2 Å². The van der Waals surface area contributed by atoms with Gasteiger partial charge < -0.3 is 19.9 Å². The van der Waals surface area contributed by atoms with Gasteiger partial charge >= 0.3 is 5.97 Å². The maximum atomic E-state index is 12.0. The summed E-state index contributed by atoms with van der Waals surface area (Å²) in [7, 11) is 0. The van der Waals surface area contributed by atoms with Crippen LogP contribution in [0.25, 0.3) is 0 Å². The first-order chi connectivity index (χ1) is 9.52. The lowest BCUT2D eigenvalue weighted by atomic mass is 9.92. The van der Waals surface area contributed by atoms with Crippen molar-refractivity contribution in [3.8, 4) is 0 Å². The fraction of sp³-hybridized carbons (Fsp3) is 0.846. The van der Waals surface area contributed by atoms with Gasteiger partial charge in [0, 0.05) is 6.61 Å². The van der Waals surface area contributed by atoms with E-state index in [1.54, 1.807) is 18.7 Å². The molecule has 1 atom stereocenters. The van der Waals surface area contributed by atoms with Crippen LogP contribution in [0.2, 0.25) is 0 Å². The van der Waals surface area contributed by atoms with E-state index in [1.165, 1.54) is 0 Å². The average molecular weight is 305 g/mol. The second-order valence-corrected chi connectivity index (χ2v) is 5.92. The lowest BCUT2D eigenvalue weighted by molar-refractivity contribution is -0.150. The van der Waals surface area contributed by atoms with E-state index >= 15 is 0 Å².